The largest absolute Gasteiger partial charge is 0.343 e. The summed E-state index contributed by atoms with van der Waals surface area (Å²) in [6.45, 7) is 5.88. The third kappa shape index (κ3) is 5.03. The molecule has 34 heavy (non-hydrogen) atoms. The summed E-state index contributed by atoms with van der Waals surface area (Å²) in [5.41, 5.74) is 3.06. The van der Waals surface area contributed by atoms with Crippen LogP contribution >= 0.6 is 0 Å². The molecule has 7 heteroatoms. The van der Waals surface area contributed by atoms with Crippen molar-refractivity contribution in [1.82, 2.24) is 20.0 Å². The van der Waals surface area contributed by atoms with E-state index in [4.69, 9.17) is 0 Å². The van der Waals surface area contributed by atoms with E-state index in [1.54, 1.807) is 25.4 Å². The molecule has 0 bridgehead atoms. The maximum atomic E-state index is 14.5. The number of nitrogens with one attached hydrogen (secondary N) is 1. The molecule has 2 aromatic carbocycles. The molecule has 2 heterocycles. The topological polar surface area (TPSA) is 67.2 Å². The average molecular weight is 463 g/mol. The molecule has 0 radical (unpaired) electrons. The van der Waals surface area contributed by atoms with Crippen LogP contribution in [-0.4, -0.2) is 45.3 Å². The molecular weight excluding hydrogens is 431 g/mol. The van der Waals surface area contributed by atoms with Gasteiger partial charge in [0.2, 0.25) is 11.8 Å². The number of likely N-dealkylation sites (tertiary alicyclic amines) is 1. The number of rotatable bonds is 7. The van der Waals surface area contributed by atoms with Gasteiger partial charge in [-0.05, 0) is 35.6 Å². The van der Waals surface area contributed by atoms with Gasteiger partial charge in [0.25, 0.3) is 0 Å². The molecular formula is C27H31FN4O2. The van der Waals surface area contributed by atoms with Gasteiger partial charge in [0, 0.05) is 18.8 Å². The molecule has 0 aliphatic carbocycles. The van der Waals surface area contributed by atoms with Crippen molar-refractivity contribution in [3.8, 4) is 0 Å². The van der Waals surface area contributed by atoms with Gasteiger partial charge in [-0.2, -0.15) is 5.10 Å². The zero-order valence-corrected chi connectivity index (χ0v) is 19.8. The molecule has 4 atom stereocenters. The molecule has 178 valence electrons. The van der Waals surface area contributed by atoms with Gasteiger partial charge in [0.15, 0.2) is 0 Å². The molecule has 4 rings (SSSR count). The fraction of sp³-hybridized carbons (Fsp3) is 0.370. The third-order valence-corrected chi connectivity index (χ3v) is 6.47. The lowest BCUT2D eigenvalue weighted by Crippen LogP contribution is -2.48. The van der Waals surface area contributed by atoms with Gasteiger partial charge < -0.3 is 10.2 Å². The van der Waals surface area contributed by atoms with E-state index in [9.17, 15) is 14.0 Å². The number of hydrogen-bond acceptors (Lipinski definition) is 3. The van der Waals surface area contributed by atoms with Crippen molar-refractivity contribution in [3.05, 3.63) is 89.7 Å². The van der Waals surface area contributed by atoms with E-state index in [0.29, 0.717) is 5.92 Å². The van der Waals surface area contributed by atoms with Crippen LogP contribution in [0.3, 0.4) is 0 Å². The Bertz CT molecular complexity index is 1100. The predicted octanol–water partition coefficient (Wildman–Crippen LogP) is 4.41. The van der Waals surface area contributed by atoms with Crippen LogP contribution < -0.4 is 5.32 Å². The summed E-state index contributed by atoms with van der Waals surface area (Å²) in [6.07, 6.45) is 2.01. The SMILES string of the molecule is CC(C)c1ccc(C(NC(=O)C2CC(F)CN2C(=O)C(C)n2cccn2)c2ccccc2)cc1. The van der Waals surface area contributed by atoms with Gasteiger partial charge in [-0.25, -0.2) is 4.39 Å². The standard InChI is InChI=1S/C27H31FN4O2/c1-18(2)20-10-12-22(13-11-20)25(21-8-5-4-6-9-21)30-26(33)24-16-23(28)17-31(24)27(34)19(3)32-15-7-14-29-32/h4-15,18-19,23-25H,16-17H2,1-3H3,(H,30,33). The summed E-state index contributed by atoms with van der Waals surface area (Å²) in [5.74, 6) is -0.278. The number of nitrogens with zero attached hydrogens (tertiary/aromatic N) is 3. The molecule has 0 spiro atoms. The minimum absolute atomic E-state index is 0.0167. The first-order valence-corrected chi connectivity index (χ1v) is 11.7. The molecule has 1 saturated heterocycles. The van der Waals surface area contributed by atoms with Crippen LogP contribution in [0.5, 0.6) is 0 Å². The van der Waals surface area contributed by atoms with Crippen molar-refractivity contribution in [3.63, 3.8) is 0 Å². The number of halogens is 1. The molecule has 6 nitrogen and oxygen atoms in total. The fourth-order valence-corrected chi connectivity index (χ4v) is 4.46. The van der Waals surface area contributed by atoms with E-state index >= 15 is 0 Å². The van der Waals surface area contributed by atoms with E-state index in [0.717, 1.165) is 11.1 Å². The molecule has 4 unspecified atom stereocenters. The molecule has 1 aliphatic rings. The van der Waals surface area contributed by atoms with E-state index in [2.05, 4.69) is 36.4 Å². The summed E-state index contributed by atoms with van der Waals surface area (Å²) in [5, 5.41) is 7.22. The van der Waals surface area contributed by atoms with Crippen LogP contribution in [0.4, 0.5) is 4.39 Å². The molecule has 3 aromatic rings. The zero-order valence-electron chi connectivity index (χ0n) is 19.8. The van der Waals surface area contributed by atoms with Crippen molar-refractivity contribution in [2.75, 3.05) is 6.54 Å². The summed E-state index contributed by atoms with van der Waals surface area (Å²) in [7, 11) is 0. The van der Waals surface area contributed by atoms with Crippen LogP contribution in [0.25, 0.3) is 0 Å². The maximum absolute atomic E-state index is 14.5. The normalized spacial score (nSPS) is 19.7. The number of alkyl halides is 1. The lowest BCUT2D eigenvalue weighted by atomic mass is 9.95. The number of benzene rings is 2. The molecule has 0 saturated carbocycles. The van der Waals surface area contributed by atoms with Crippen LogP contribution in [0.2, 0.25) is 0 Å². The van der Waals surface area contributed by atoms with Crippen molar-refractivity contribution in [2.45, 2.75) is 57.4 Å². The van der Waals surface area contributed by atoms with Gasteiger partial charge in [-0.3, -0.25) is 14.3 Å². The van der Waals surface area contributed by atoms with E-state index in [1.807, 2.05) is 42.5 Å². The number of amides is 2. The Balaban J connectivity index is 1.58. The monoisotopic (exact) mass is 462 g/mol. The van der Waals surface area contributed by atoms with Gasteiger partial charge in [-0.15, -0.1) is 0 Å². The summed E-state index contributed by atoms with van der Waals surface area (Å²) in [6, 6.07) is 17.7. The Hall–Kier alpha value is -3.48. The maximum Gasteiger partial charge on any atom is 0.247 e. The van der Waals surface area contributed by atoms with Crippen LogP contribution in [0.1, 0.15) is 61.9 Å². The lowest BCUT2D eigenvalue weighted by Gasteiger charge is -2.29. The van der Waals surface area contributed by atoms with Gasteiger partial charge >= 0.3 is 0 Å². The first-order valence-electron chi connectivity index (χ1n) is 11.7. The lowest BCUT2D eigenvalue weighted by molar-refractivity contribution is -0.141. The Morgan fingerprint density at radius 3 is 2.24 bits per heavy atom. The van der Waals surface area contributed by atoms with E-state index in [1.165, 1.54) is 15.1 Å². The number of hydrogen-bond donors (Lipinski definition) is 1. The zero-order chi connectivity index (χ0) is 24.2. The number of aromatic nitrogens is 2. The molecule has 1 N–H and O–H groups in total. The van der Waals surface area contributed by atoms with Crippen molar-refractivity contribution in [2.24, 2.45) is 0 Å². The molecule has 1 aliphatic heterocycles. The second-order valence-corrected chi connectivity index (χ2v) is 9.18. The van der Waals surface area contributed by atoms with Crippen molar-refractivity contribution in [1.29, 1.82) is 0 Å². The van der Waals surface area contributed by atoms with Crippen molar-refractivity contribution < 1.29 is 14.0 Å². The molecule has 1 aromatic heterocycles. The predicted molar refractivity (Wildman–Crippen MR) is 129 cm³/mol. The Morgan fingerprint density at radius 2 is 1.62 bits per heavy atom. The number of carbonyl (C=O) groups is 2. The second kappa shape index (κ2) is 10.2. The fourth-order valence-electron chi connectivity index (χ4n) is 4.46. The smallest absolute Gasteiger partial charge is 0.247 e. The Labute approximate surface area is 199 Å². The highest BCUT2D eigenvalue weighted by atomic mass is 19.1. The number of carbonyl (C=O) groups excluding carboxylic acids is 2. The molecule has 1 fully saturated rings. The third-order valence-electron chi connectivity index (χ3n) is 6.47. The second-order valence-electron chi connectivity index (χ2n) is 9.18. The summed E-state index contributed by atoms with van der Waals surface area (Å²) < 4.78 is 16.0. The van der Waals surface area contributed by atoms with Gasteiger partial charge in [0.05, 0.1) is 12.6 Å². The van der Waals surface area contributed by atoms with Gasteiger partial charge in [-0.1, -0.05) is 68.4 Å². The summed E-state index contributed by atoms with van der Waals surface area (Å²) in [4.78, 5) is 28.0. The molecule has 2 amide bonds. The first-order chi connectivity index (χ1) is 16.3. The van der Waals surface area contributed by atoms with Crippen molar-refractivity contribution >= 4 is 11.8 Å². The van der Waals surface area contributed by atoms with Crippen LogP contribution in [-0.2, 0) is 9.59 Å². The Kier molecular flexibility index (Phi) is 7.10. The first kappa shape index (κ1) is 23.7. The highest BCUT2D eigenvalue weighted by Crippen LogP contribution is 2.28. The Morgan fingerprint density at radius 1 is 0.971 bits per heavy atom. The highest BCUT2D eigenvalue weighted by molar-refractivity contribution is 5.90. The average Bonchev–Trinajstić information content (AvgIpc) is 3.52. The van der Waals surface area contributed by atoms with Crippen LogP contribution in [0.15, 0.2) is 73.1 Å². The minimum Gasteiger partial charge on any atom is -0.343 e. The van der Waals surface area contributed by atoms with Gasteiger partial charge in [0.1, 0.15) is 18.3 Å². The van der Waals surface area contributed by atoms with Crippen LogP contribution in [0, 0.1) is 0 Å². The highest BCUT2D eigenvalue weighted by Gasteiger charge is 2.42. The van der Waals surface area contributed by atoms with E-state index < -0.39 is 24.3 Å². The summed E-state index contributed by atoms with van der Waals surface area (Å²) >= 11 is 0. The minimum atomic E-state index is -1.25. The quantitative estimate of drug-likeness (QED) is 0.566. The van der Waals surface area contributed by atoms with E-state index in [-0.39, 0.29) is 24.8 Å².